The number of nitro groups is 1. The van der Waals surface area contributed by atoms with Gasteiger partial charge in [0.2, 0.25) is 5.82 Å². The standard InChI is InChI=1S/C60H95FN2O2/c1-3-5-7-9-11-13-15-17-19-21-23-25-27-29-31-33-35-37-51-62(52-38-36-34-32-30-28-26-24-22-20-18-16-14-12-10-8-6-4-2)58-48-46-57(47-49-58)56-44-41-54(42-45-56)39-40-55-43-50-60(63(64)65)59(61)53-55/h39-50,53H,3-38,51-52H2,1-2H3. The van der Waals surface area contributed by atoms with Gasteiger partial charge in [0.15, 0.2) is 0 Å². The fourth-order valence-corrected chi connectivity index (χ4v) is 9.40. The van der Waals surface area contributed by atoms with Gasteiger partial charge >= 0.3 is 5.69 Å². The summed E-state index contributed by atoms with van der Waals surface area (Å²) in [4.78, 5) is 12.9. The van der Waals surface area contributed by atoms with Crippen LogP contribution >= 0.6 is 0 Å². The Kier molecular flexibility index (Phi) is 33.2. The molecule has 0 radical (unpaired) electrons. The molecule has 3 rings (SSSR count). The molecule has 0 aliphatic rings. The lowest BCUT2D eigenvalue weighted by molar-refractivity contribution is -0.387. The Morgan fingerprint density at radius 2 is 0.708 bits per heavy atom. The number of unbranched alkanes of at least 4 members (excludes halogenated alkanes) is 34. The number of hydrogen-bond acceptors (Lipinski definition) is 3. The van der Waals surface area contributed by atoms with Gasteiger partial charge in [-0.05, 0) is 59.4 Å². The second kappa shape index (κ2) is 38.6. The number of nitrogens with zero attached hydrogens (tertiary/aromatic N) is 2. The van der Waals surface area contributed by atoms with E-state index >= 15 is 0 Å². The molecule has 0 aromatic heterocycles. The summed E-state index contributed by atoms with van der Waals surface area (Å²) in [6, 6.07) is 21.5. The van der Waals surface area contributed by atoms with Gasteiger partial charge in [-0.3, -0.25) is 10.1 Å². The molecule has 4 nitrogen and oxygen atoms in total. The number of hydrogen-bond donors (Lipinski definition) is 0. The average molecular weight is 895 g/mol. The first-order valence-electron chi connectivity index (χ1n) is 27.6. The van der Waals surface area contributed by atoms with Crippen molar-refractivity contribution in [2.45, 2.75) is 245 Å². The number of benzene rings is 3. The van der Waals surface area contributed by atoms with Crippen molar-refractivity contribution < 1.29 is 9.31 Å². The molecule has 0 aliphatic heterocycles. The first-order valence-corrected chi connectivity index (χ1v) is 27.6. The summed E-state index contributed by atoms with van der Waals surface area (Å²) in [5.74, 6) is -0.819. The maximum absolute atomic E-state index is 14.1. The topological polar surface area (TPSA) is 46.4 Å². The van der Waals surface area contributed by atoms with Crippen LogP contribution in [0.15, 0.2) is 66.7 Å². The first-order chi connectivity index (χ1) is 32.0. The van der Waals surface area contributed by atoms with Crippen LogP contribution in [-0.2, 0) is 0 Å². The maximum Gasteiger partial charge on any atom is 0.304 e. The van der Waals surface area contributed by atoms with Gasteiger partial charge < -0.3 is 4.90 Å². The lowest BCUT2D eigenvalue weighted by Gasteiger charge is -2.25. The molecule has 0 amide bonds. The monoisotopic (exact) mass is 895 g/mol. The van der Waals surface area contributed by atoms with Gasteiger partial charge in [-0.1, -0.05) is 281 Å². The minimum absolute atomic E-state index is 0.503. The number of rotatable bonds is 43. The van der Waals surface area contributed by atoms with Crippen LogP contribution in [0, 0.1) is 15.9 Å². The van der Waals surface area contributed by atoms with Crippen molar-refractivity contribution in [2.75, 3.05) is 18.0 Å². The van der Waals surface area contributed by atoms with Crippen LogP contribution in [0.2, 0.25) is 0 Å². The quantitative estimate of drug-likeness (QED) is 0.0246. The Hall–Kier alpha value is -3.47. The van der Waals surface area contributed by atoms with Gasteiger partial charge in [0.25, 0.3) is 0 Å². The molecule has 5 heteroatoms. The van der Waals surface area contributed by atoms with E-state index < -0.39 is 16.4 Å². The van der Waals surface area contributed by atoms with Crippen LogP contribution in [0.4, 0.5) is 15.8 Å². The van der Waals surface area contributed by atoms with Crippen molar-refractivity contribution in [1.29, 1.82) is 0 Å². The van der Waals surface area contributed by atoms with Crippen LogP contribution in [0.1, 0.15) is 256 Å². The van der Waals surface area contributed by atoms with Crippen LogP contribution in [-0.4, -0.2) is 18.0 Å². The summed E-state index contributed by atoms with van der Waals surface area (Å²) in [7, 11) is 0. The molecule has 0 aliphatic carbocycles. The molecule has 0 saturated carbocycles. The third kappa shape index (κ3) is 27.7. The minimum Gasteiger partial charge on any atom is -0.372 e. The molecule has 3 aromatic rings. The van der Waals surface area contributed by atoms with Crippen molar-refractivity contribution >= 4 is 23.5 Å². The smallest absolute Gasteiger partial charge is 0.304 e. The highest BCUT2D eigenvalue weighted by atomic mass is 19.1. The third-order valence-corrected chi connectivity index (χ3v) is 13.7. The molecular weight excluding hydrogens is 800 g/mol. The maximum atomic E-state index is 14.1. The molecule has 0 N–H and O–H groups in total. The van der Waals surface area contributed by atoms with Gasteiger partial charge in [0.05, 0.1) is 4.92 Å². The molecule has 0 unspecified atom stereocenters. The summed E-state index contributed by atoms with van der Waals surface area (Å²) in [6.07, 6.45) is 54.4. The molecule has 0 fully saturated rings. The Balaban J connectivity index is 1.36. The third-order valence-electron chi connectivity index (χ3n) is 13.7. The molecular formula is C60H95FN2O2. The molecule has 0 atom stereocenters. The lowest BCUT2D eigenvalue weighted by atomic mass is 10.0. The van der Waals surface area contributed by atoms with Gasteiger partial charge in [0.1, 0.15) is 0 Å². The normalized spacial score (nSPS) is 11.6. The fraction of sp³-hybridized carbons (Fsp3) is 0.667. The summed E-state index contributed by atoms with van der Waals surface area (Å²) in [5, 5.41) is 11.0. The molecule has 0 spiro atoms. The van der Waals surface area contributed by atoms with Crippen molar-refractivity contribution in [3.05, 3.63) is 93.8 Å². The number of anilines is 1. The highest BCUT2D eigenvalue weighted by Gasteiger charge is 2.13. The fourth-order valence-electron chi connectivity index (χ4n) is 9.40. The second-order valence-corrected chi connectivity index (χ2v) is 19.5. The van der Waals surface area contributed by atoms with E-state index in [1.54, 1.807) is 12.1 Å². The lowest BCUT2D eigenvalue weighted by Crippen LogP contribution is -2.25. The van der Waals surface area contributed by atoms with Crippen LogP contribution in [0.3, 0.4) is 0 Å². The summed E-state index contributed by atoms with van der Waals surface area (Å²) in [5.41, 5.74) is 4.77. The summed E-state index contributed by atoms with van der Waals surface area (Å²) in [6.45, 7) is 6.87. The Morgan fingerprint density at radius 1 is 0.415 bits per heavy atom. The SMILES string of the molecule is CCCCCCCCCCCCCCCCCCCCN(CCCCCCCCCCCCCCCCCCCC)c1ccc(-c2ccc(C=Cc3ccc([N+](=O)[O-])c(F)c3)cc2)cc1. The molecule has 65 heavy (non-hydrogen) atoms. The van der Waals surface area contributed by atoms with E-state index in [9.17, 15) is 14.5 Å². The van der Waals surface area contributed by atoms with Crippen LogP contribution in [0.25, 0.3) is 23.3 Å². The Labute approximate surface area is 399 Å². The Morgan fingerprint density at radius 3 is 1.03 bits per heavy atom. The van der Waals surface area contributed by atoms with E-state index in [1.165, 1.54) is 255 Å². The predicted molar refractivity (Wildman–Crippen MR) is 284 cm³/mol. The minimum atomic E-state index is -0.819. The van der Waals surface area contributed by atoms with E-state index in [1.807, 2.05) is 6.08 Å². The van der Waals surface area contributed by atoms with E-state index in [0.717, 1.165) is 24.2 Å². The Bertz CT molecular complexity index is 1560. The molecule has 0 saturated heterocycles. The first kappa shape index (κ1) is 55.9. The van der Waals surface area contributed by atoms with E-state index in [0.29, 0.717) is 5.56 Å². The van der Waals surface area contributed by atoms with Crippen molar-refractivity contribution in [1.82, 2.24) is 0 Å². The van der Waals surface area contributed by atoms with Crippen molar-refractivity contribution in [3.8, 4) is 11.1 Å². The molecule has 0 bridgehead atoms. The average Bonchev–Trinajstić information content (AvgIpc) is 3.32. The zero-order valence-corrected chi connectivity index (χ0v) is 42.0. The molecule has 364 valence electrons. The second-order valence-electron chi connectivity index (χ2n) is 19.5. The van der Waals surface area contributed by atoms with E-state index in [-0.39, 0.29) is 0 Å². The predicted octanol–water partition coefficient (Wildman–Crippen LogP) is 20.5. The summed E-state index contributed by atoms with van der Waals surface area (Å²) < 4.78 is 14.1. The summed E-state index contributed by atoms with van der Waals surface area (Å²) >= 11 is 0. The van der Waals surface area contributed by atoms with Crippen LogP contribution < -0.4 is 4.90 Å². The van der Waals surface area contributed by atoms with Gasteiger partial charge in [0, 0.05) is 24.8 Å². The highest BCUT2D eigenvalue weighted by Crippen LogP contribution is 2.26. The number of halogens is 1. The molecule has 0 heterocycles. The van der Waals surface area contributed by atoms with Gasteiger partial charge in [-0.25, -0.2) is 0 Å². The molecule has 3 aromatic carbocycles. The van der Waals surface area contributed by atoms with Gasteiger partial charge in [-0.2, -0.15) is 4.39 Å². The van der Waals surface area contributed by atoms with E-state index in [2.05, 4.69) is 67.3 Å². The van der Waals surface area contributed by atoms with Crippen molar-refractivity contribution in [2.24, 2.45) is 0 Å². The zero-order valence-electron chi connectivity index (χ0n) is 42.0. The number of nitro benzene ring substituents is 1. The van der Waals surface area contributed by atoms with E-state index in [4.69, 9.17) is 0 Å². The van der Waals surface area contributed by atoms with Gasteiger partial charge in [-0.15, -0.1) is 0 Å². The van der Waals surface area contributed by atoms with Crippen molar-refractivity contribution in [3.63, 3.8) is 0 Å². The highest BCUT2D eigenvalue weighted by molar-refractivity contribution is 5.73. The zero-order chi connectivity index (χ0) is 46.3. The van der Waals surface area contributed by atoms with Crippen LogP contribution in [0.5, 0.6) is 0 Å². The largest absolute Gasteiger partial charge is 0.372 e.